The molecule has 50 valence electrons. The normalized spacial score (nSPS) is 11.1. The summed E-state index contributed by atoms with van der Waals surface area (Å²) in [4.78, 5) is 0. The molecule has 0 saturated heterocycles. The number of hydrogen-bond acceptors (Lipinski definition) is 0. The molecule has 0 aliphatic carbocycles. The van der Waals surface area contributed by atoms with Crippen molar-refractivity contribution in [3.8, 4) is 0 Å². The number of hydrogen-bond donors (Lipinski definition) is 0. The zero-order valence-electron chi connectivity index (χ0n) is 5.65. The monoisotopic (exact) mass is 142 g/mol. The first-order valence-electron chi connectivity index (χ1n) is 2.88. The summed E-state index contributed by atoms with van der Waals surface area (Å²) in [6.07, 6.45) is 4.35. The average Bonchev–Trinajstić information content (AvgIpc) is 1.87. The molecule has 0 rings (SSSR count). The second kappa shape index (κ2) is 4.39. The molecule has 0 bridgehead atoms. The molecule has 0 fully saturated rings. The van der Waals surface area contributed by atoms with Gasteiger partial charge in [0, 0.05) is 5.03 Å². The Morgan fingerprint density at radius 3 is 2.56 bits per heavy atom. The van der Waals surface area contributed by atoms with Gasteiger partial charge in [-0.15, -0.1) is 0 Å². The smallest absolute Gasteiger partial charge is 0.0402 e. The third-order valence-corrected chi connectivity index (χ3v) is 1.25. The minimum atomic E-state index is 0.654. The fourth-order valence-electron chi connectivity index (χ4n) is 0.356. The van der Waals surface area contributed by atoms with E-state index in [4.69, 9.17) is 11.6 Å². The molecule has 0 saturated carbocycles. The molecular formula is C8H11Cl. The number of rotatable bonds is 3. The van der Waals surface area contributed by atoms with Crippen LogP contribution in [0.2, 0.25) is 0 Å². The molecule has 0 aliphatic rings. The van der Waals surface area contributed by atoms with Gasteiger partial charge in [0.2, 0.25) is 0 Å². The summed E-state index contributed by atoms with van der Waals surface area (Å²) in [5.74, 6) is 0. The van der Waals surface area contributed by atoms with E-state index in [1.54, 1.807) is 6.08 Å². The van der Waals surface area contributed by atoms with Crippen molar-refractivity contribution >= 4 is 11.6 Å². The van der Waals surface area contributed by atoms with Gasteiger partial charge in [-0.05, 0) is 12.5 Å². The highest BCUT2D eigenvalue weighted by Crippen LogP contribution is 2.07. The van der Waals surface area contributed by atoms with E-state index in [1.807, 2.05) is 13.0 Å². The molecule has 0 aromatic heterocycles. The summed E-state index contributed by atoms with van der Waals surface area (Å²) >= 11 is 5.62. The molecule has 1 heteroatoms. The fraction of sp³-hybridized carbons (Fsp3) is 0.250. The van der Waals surface area contributed by atoms with Gasteiger partial charge in [0.05, 0.1) is 0 Å². The van der Waals surface area contributed by atoms with Gasteiger partial charge >= 0.3 is 0 Å². The molecule has 0 radical (unpaired) electrons. The topological polar surface area (TPSA) is 0 Å². The molecule has 0 unspecified atom stereocenters. The molecule has 0 aromatic carbocycles. The van der Waals surface area contributed by atoms with Crippen LogP contribution in [0, 0.1) is 0 Å². The van der Waals surface area contributed by atoms with E-state index in [-0.39, 0.29) is 0 Å². The predicted octanol–water partition coefficient (Wildman–Crippen LogP) is 3.26. The quantitative estimate of drug-likeness (QED) is 0.531. The van der Waals surface area contributed by atoms with E-state index in [0.717, 1.165) is 12.0 Å². The van der Waals surface area contributed by atoms with Gasteiger partial charge in [0.25, 0.3) is 0 Å². The SMILES string of the molecule is C=CC(Cl)=CC(=C)CC. The first-order valence-corrected chi connectivity index (χ1v) is 3.26. The fourth-order valence-corrected chi connectivity index (χ4v) is 0.510. The first kappa shape index (κ1) is 8.51. The van der Waals surface area contributed by atoms with Gasteiger partial charge in [0.15, 0.2) is 0 Å². The summed E-state index contributed by atoms with van der Waals surface area (Å²) in [5, 5.41) is 0.654. The van der Waals surface area contributed by atoms with Crippen molar-refractivity contribution < 1.29 is 0 Å². The van der Waals surface area contributed by atoms with E-state index < -0.39 is 0 Å². The lowest BCUT2D eigenvalue weighted by atomic mass is 10.2. The maximum absolute atomic E-state index is 5.62. The molecule has 0 N–H and O–H groups in total. The van der Waals surface area contributed by atoms with Crippen molar-refractivity contribution in [2.75, 3.05) is 0 Å². The lowest BCUT2D eigenvalue weighted by Crippen LogP contribution is -1.70. The van der Waals surface area contributed by atoms with Crippen LogP contribution in [0.15, 0.2) is 35.9 Å². The van der Waals surface area contributed by atoms with Crippen LogP contribution >= 0.6 is 11.6 Å². The van der Waals surface area contributed by atoms with Crippen molar-refractivity contribution in [1.29, 1.82) is 0 Å². The van der Waals surface area contributed by atoms with Crippen LogP contribution in [0.4, 0.5) is 0 Å². The Morgan fingerprint density at radius 2 is 2.22 bits per heavy atom. The third-order valence-electron chi connectivity index (χ3n) is 0.991. The Labute approximate surface area is 61.5 Å². The van der Waals surface area contributed by atoms with Crippen molar-refractivity contribution in [1.82, 2.24) is 0 Å². The predicted molar refractivity (Wildman–Crippen MR) is 43.6 cm³/mol. The minimum Gasteiger partial charge on any atom is -0.0976 e. The van der Waals surface area contributed by atoms with E-state index in [1.165, 1.54) is 0 Å². The number of halogens is 1. The maximum atomic E-state index is 5.62. The van der Waals surface area contributed by atoms with Crippen LogP contribution in [0.1, 0.15) is 13.3 Å². The van der Waals surface area contributed by atoms with Crippen LogP contribution < -0.4 is 0 Å². The molecule has 0 heterocycles. The summed E-state index contributed by atoms with van der Waals surface area (Å²) in [6, 6.07) is 0. The van der Waals surface area contributed by atoms with E-state index >= 15 is 0 Å². The van der Waals surface area contributed by atoms with Crippen LogP contribution in [0.5, 0.6) is 0 Å². The Bertz CT molecular complexity index is 143. The Balaban J connectivity index is 3.94. The van der Waals surface area contributed by atoms with Gasteiger partial charge < -0.3 is 0 Å². The highest BCUT2D eigenvalue weighted by molar-refractivity contribution is 6.31. The molecule has 0 spiro atoms. The van der Waals surface area contributed by atoms with Gasteiger partial charge in [-0.2, -0.15) is 0 Å². The van der Waals surface area contributed by atoms with Gasteiger partial charge in [-0.3, -0.25) is 0 Å². The molecule has 0 nitrogen and oxygen atoms in total. The summed E-state index contributed by atoms with van der Waals surface area (Å²) in [6.45, 7) is 9.29. The Morgan fingerprint density at radius 1 is 1.67 bits per heavy atom. The molecule has 9 heavy (non-hydrogen) atoms. The summed E-state index contributed by atoms with van der Waals surface area (Å²) < 4.78 is 0. The number of allylic oxidation sites excluding steroid dienone is 4. The lowest BCUT2D eigenvalue weighted by molar-refractivity contribution is 1.16. The van der Waals surface area contributed by atoms with Crippen LogP contribution in [0.3, 0.4) is 0 Å². The molecule has 0 aromatic rings. The summed E-state index contributed by atoms with van der Waals surface area (Å²) in [5.41, 5.74) is 1.03. The third kappa shape index (κ3) is 4.04. The highest BCUT2D eigenvalue weighted by atomic mass is 35.5. The van der Waals surface area contributed by atoms with Crippen LogP contribution in [-0.4, -0.2) is 0 Å². The van der Waals surface area contributed by atoms with Crippen molar-refractivity contribution in [2.24, 2.45) is 0 Å². The average molecular weight is 143 g/mol. The van der Waals surface area contributed by atoms with Crippen molar-refractivity contribution in [3.63, 3.8) is 0 Å². The van der Waals surface area contributed by atoms with Crippen molar-refractivity contribution in [3.05, 3.63) is 35.9 Å². The molecule has 0 aliphatic heterocycles. The van der Waals surface area contributed by atoms with E-state index in [2.05, 4.69) is 13.2 Å². The highest BCUT2D eigenvalue weighted by Gasteiger charge is 1.84. The Kier molecular flexibility index (Phi) is 4.16. The van der Waals surface area contributed by atoms with Crippen molar-refractivity contribution in [2.45, 2.75) is 13.3 Å². The minimum absolute atomic E-state index is 0.654. The lowest BCUT2D eigenvalue weighted by Gasteiger charge is -1.91. The van der Waals surface area contributed by atoms with Gasteiger partial charge in [-0.1, -0.05) is 43.3 Å². The standard InChI is InChI=1S/C8H11Cl/c1-4-7(3)6-8(9)5-2/h5-6H,2-4H2,1H3. The van der Waals surface area contributed by atoms with Crippen LogP contribution in [0.25, 0.3) is 0 Å². The van der Waals surface area contributed by atoms with Gasteiger partial charge in [0.1, 0.15) is 0 Å². The first-order chi connectivity index (χ1) is 4.20. The largest absolute Gasteiger partial charge is 0.0976 e. The van der Waals surface area contributed by atoms with E-state index in [9.17, 15) is 0 Å². The molecule has 0 atom stereocenters. The zero-order chi connectivity index (χ0) is 7.28. The molecule has 0 amide bonds. The van der Waals surface area contributed by atoms with E-state index in [0.29, 0.717) is 5.03 Å². The molecular weight excluding hydrogens is 132 g/mol. The van der Waals surface area contributed by atoms with Crippen LogP contribution in [-0.2, 0) is 0 Å². The second-order valence-electron chi connectivity index (χ2n) is 1.75. The second-order valence-corrected chi connectivity index (χ2v) is 2.18. The van der Waals surface area contributed by atoms with Gasteiger partial charge in [-0.25, -0.2) is 0 Å². The summed E-state index contributed by atoms with van der Waals surface area (Å²) in [7, 11) is 0. The zero-order valence-corrected chi connectivity index (χ0v) is 6.41. The Hall–Kier alpha value is -0.490. The maximum Gasteiger partial charge on any atom is 0.0402 e.